The van der Waals surface area contributed by atoms with E-state index < -0.39 is 25.0 Å². The largest absolute Gasteiger partial charge is 0.422 e. The van der Waals surface area contributed by atoms with E-state index in [-0.39, 0.29) is 0 Å². The molecule has 0 unspecified atom stereocenters. The highest BCUT2D eigenvalue weighted by Gasteiger charge is 2.52. The summed E-state index contributed by atoms with van der Waals surface area (Å²) in [6.45, 7) is 9.91. The molecule has 0 aromatic heterocycles. The van der Waals surface area contributed by atoms with Crippen molar-refractivity contribution in [2.75, 3.05) is 0 Å². The monoisotopic (exact) mass is 242 g/mol. The number of hydrogen-bond acceptors (Lipinski definition) is 3. The van der Waals surface area contributed by atoms with Crippen LogP contribution in [0.1, 0.15) is 0 Å². The minimum absolute atomic E-state index is 1.86. The van der Waals surface area contributed by atoms with Crippen molar-refractivity contribution < 1.29 is 12.3 Å². The standard InChI is InChI=1S/C5H15ClO3Si3/c1-10(2)7-11(3,4)9-12(5,6)8-10/h1-5H3. The Balaban J connectivity index is 2.81. The molecule has 12 heavy (non-hydrogen) atoms. The topological polar surface area (TPSA) is 27.7 Å². The van der Waals surface area contributed by atoms with Gasteiger partial charge in [-0.25, -0.2) is 0 Å². The molecule has 3 nitrogen and oxygen atoms in total. The average molecular weight is 243 g/mol. The Labute approximate surface area is 81.4 Å². The van der Waals surface area contributed by atoms with Gasteiger partial charge >= 0.3 is 25.0 Å². The average Bonchev–Trinajstić information content (AvgIpc) is 1.44. The fraction of sp³-hybridized carbons (Fsp3) is 1.00. The van der Waals surface area contributed by atoms with E-state index in [9.17, 15) is 0 Å². The molecular weight excluding hydrogens is 228 g/mol. The summed E-state index contributed by atoms with van der Waals surface area (Å²) in [5.74, 6) is 0. The van der Waals surface area contributed by atoms with Gasteiger partial charge in [-0.3, -0.25) is 0 Å². The zero-order valence-corrected chi connectivity index (χ0v) is 11.9. The van der Waals surface area contributed by atoms with Crippen molar-refractivity contribution in [3.05, 3.63) is 0 Å². The predicted octanol–water partition coefficient (Wildman–Crippen LogP) is 2.26. The van der Waals surface area contributed by atoms with Crippen LogP contribution >= 0.6 is 11.1 Å². The van der Waals surface area contributed by atoms with Crippen molar-refractivity contribution in [2.45, 2.75) is 32.7 Å². The van der Waals surface area contributed by atoms with Crippen molar-refractivity contribution in [3.8, 4) is 0 Å². The molecule has 0 aromatic carbocycles. The summed E-state index contributed by atoms with van der Waals surface area (Å²) in [6, 6.07) is 0. The quantitative estimate of drug-likeness (QED) is 0.482. The van der Waals surface area contributed by atoms with Crippen LogP contribution in [0.3, 0.4) is 0 Å². The zero-order chi connectivity index (χ0) is 9.62. The Morgan fingerprint density at radius 2 is 1.08 bits per heavy atom. The second-order valence-corrected chi connectivity index (χ2v) is 15.7. The number of halogens is 1. The normalized spacial score (nSPS) is 31.5. The van der Waals surface area contributed by atoms with Crippen LogP contribution < -0.4 is 0 Å². The maximum Gasteiger partial charge on any atom is 0.422 e. The molecule has 1 aliphatic heterocycles. The molecule has 1 heterocycles. The third kappa shape index (κ3) is 2.95. The molecule has 1 fully saturated rings. The molecule has 1 rings (SSSR count). The van der Waals surface area contributed by atoms with Gasteiger partial charge in [-0.05, 0) is 32.7 Å². The molecule has 0 amide bonds. The molecule has 0 radical (unpaired) electrons. The first-order valence-electron chi connectivity index (χ1n) is 3.91. The van der Waals surface area contributed by atoms with E-state index >= 15 is 0 Å². The van der Waals surface area contributed by atoms with Gasteiger partial charge in [-0.1, -0.05) is 0 Å². The maximum atomic E-state index is 6.12. The summed E-state index contributed by atoms with van der Waals surface area (Å²) in [6.07, 6.45) is 0. The van der Waals surface area contributed by atoms with Gasteiger partial charge in [0, 0.05) is 0 Å². The highest BCUT2D eigenvalue weighted by molar-refractivity contribution is 7.18. The summed E-state index contributed by atoms with van der Waals surface area (Å²) in [4.78, 5) is 0. The van der Waals surface area contributed by atoms with Gasteiger partial charge < -0.3 is 12.3 Å². The van der Waals surface area contributed by atoms with Gasteiger partial charge in [-0.2, -0.15) is 0 Å². The summed E-state index contributed by atoms with van der Waals surface area (Å²) in [5, 5.41) is 0. The fourth-order valence-corrected chi connectivity index (χ4v) is 18.3. The minimum Gasteiger partial charge on any atom is -0.416 e. The predicted molar refractivity (Wildman–Crippen MR) is 55.7 cm³/mol. The highest BCUT2D eigenvalue weighted by atomic mass is 35.6. The lowest BCUT2D eigenvalue weighted by atomic mass is 11.9. The van der Waals surface area contributed by atoms with Crippen LogP contribution in [-0.4, -0.2) is 25.0 Å². The Morgan fingerprint density at radius 1 is 0.750 bits per heavy atom. The van der Waals surface area contributed by atoms with E-state index in [4.69, 9.17) is 23.4 Å². The van der Waals surface area contributed by atoms with E-state index in [1.807, 2.05) is 32.7 Å². The summed E-state index contributed by atoms with van der Waals surface area (Å²) >= 11 is 6.12. The molecule has 0 saturated carbocycles. The van der Waals surface area contributed by atoms with E-state index in [2.05, 4.69) is 0 Å². The van der Waals surface area contributed by atoms with Crippen LogP contribution in [-0.2, 0) is 12.3 Å². The molecule has 0 bridgehead atoms. The van der Waals surface area contributed by atoms with E-state index in [0.29, 0.717) is 0 Å². The molecular formula is C5H15ClO3Si3. The molecule has 0 atom stereocenters. The van der Waals surface area contributed by atoms with Crippen molar-refractivity contribution in [3.63, 3.8) is 0 Å². The van der Waals surface area contributed by atoms with Gasteiger partial charge in [-0.15, -0.1) is 11.1 Å². The molecule has 1 aliphatic rings. The highest BCUT2D eigenvalue weighted by Crippen LogP contribution is 2.32. The second kappa shape index (κ2) is 2.91. The Morgan fingerprint density at radius 3 is 1.33 bits per heavy atom. The third-order valence-corrected chi connectivity index (χ3v) is 13.5. The van der Waals surface area contributed by atoms with E-state index in [1.54, 1.807) is 0 Å². The molecule has 7 heteroatoms. The summed E-state index contributed by atoms with van der Waals surface area (Å²) in [5.41, 5.74) is 0. The molecule has 0 N–H and O–H groups in total. The van der Waals surface area contributed by atoms with Crippen molar-refractivity contribution in [1.82, 2.24) is 0 Å². The molecule has 0 spiro atoms. The van der Waals surface area contributed by atoms with E-state index in [0.717, 1.165) is 0 Å². The van der Waals surface area contributed by atoms with Crippen molar-refractivity contribution in [2.24, 2.45) is 0 Å². The Hall–Kier alpha value is 0.821. The molecule has 72 valence electrons. The minimum atomic E-state index is -2.39. The summed E-state index contributed by atoms with van der Waals surface area (Å²) < 4.78 is 17.0. The zero-order valence-electron chi connectivity index (χ0n) is 8.10. The van der Waals surface area contributed by atoms with Crippen LogP contribution in [0.15, 0.2) is 0 Å². The molecule has 1 saturated heterocycles. The van der Waals surface area contributed by atoms with Crippen molar-refractivity contribution >= 4 is 36.1 Å². The molecule has 0 aliphatic carbocycles. The first kappa shape index (κ1) is 10.9. The van der Waals surface area contributed by atoms with Crippen molar-refractivity contribution in [1.29, 1.82) is 0 Å². The SMILES string of the molecule is C[Si]1(C)O[Si](C)(C)O[Si](C)(Cl)O1. The first-order chi connectivity index (χ1) is 5.12. The third-order valence-electron chi connectivity index (χ3n) is 1.35. The number of hydrogen-bond donors (Lipinski definition) is 0. The first-order valence-corrected chi connectivity index (χ1v) is 12.9. The smallest absolute Gasteiger partial charge is 0.416 e. The van der Waals surface area contributed by atoms with E-state index in [1.165, 1.54) is 0 Å². The van der Waals surface area contributed by atoms with Crippen LogP contribution in [0.5, 0.6) is 0 Å². The van der Waals surface area contributed by atoms with Gasteiger partial charge in [0.25, 0.3) is 0 Å². The van der Waals surface area contributed by atoms with Crippen LogP contribution in [0, 0.1) is 0 Å². The summed E-state index contributed by atoms with van der Waals surface area (Å²) in [7, 11) is -6.38. The van der Waals surface area contributed by atoms with Crippen LogP contribution in [0.2, 0.25) is 32.7 Å². The van der Waals surface area contributed by atoms with Gasteiger partial charge in [0.1, 0.15) is 0 Å². The molecule has 0 aromatic rings. The van der Waals surface area contributed by atoms with Crippen LogP contribution in [0.4, 0.5) is 0 Å². The lowest BCUT2D eigenvalue weighted by molar-refractivity contribution is 0.248. The lowest BCUT2D eigenvalue weighted by Crippen LogP contribution is -2.63. The van der Waals surface area contributed by atoms with Gasteiger partial charge in [0.05, 0.1) is 0 Å². The Kier molecular flexibility index (Phi) is 2.64. The fourth-order valence-electron chi connectivity index (χ4n) is 1.53. The lowest BCUT2D eigenvalue weighted by Gasteiger charge is -2.44. The second-order valence-electron chi connectivity index (χ2n) is 3.94. The van der Waals surface area contributed by atoms with Gasteiger partial charge in [0.2, 0.25) is 0 Å². The Bertz CT molecular complexity index is 149. The maximum absolute atomic E-state index is 6.12. The van der Waals surface area contributed by atoms with Crippen LogP contribution in [0.25, 0.3) is 0 Å². The van der Waals surface area contributed by atoms with Gasteiger partial charge in [0.15, 0.2) is 0 Å². The number of rotatable bonds is 0.